The SMILES string of the molecule is COc1cccc(Cc2cc3cc(C)cc(C)c3[nH]2)c1. The zero-order valence-corrected chi connectivity index (χ0v) is 12.2. The van der Waals surface area contributed by atoms with E-state index in [1.807, 2.05) is 12.1 Å². The van der Waals surface area contributed by atoms with Crippen LogP contribution in [0.2, 0.25) is 0 Å². The zero-order chi connectivity index (χ0) is 14.1. The standard InChI is InChI=1S/C18H19NO/c1-12-7-13(2)18-15(8-12)11-16(19-18)9-14-5-4-6-17(10-14)20-3/h4-8,10-11,19H,9H2,1-3H3. The van der Waals surface area contributed by atoms with Gasteiger partial charge >= 0.3 is 0 Å². The summed E-state index contributed by atoms with van der Waals surface area (Å²) in [6.07, 6.45) is 0.893. The van der Waals surface area contributed by atoms with Gasteiger partial charge in [-0.3, -0.25) is 0 Å². The molecule has 1 aromatic heterocycles. The lowest BCUT2D eigenvalue weighted by Gasteiger charge is -2.03. The molecular weight excluding hydrogens is 246 g/mol. The Morgan fingerprint density at radius 3 is 2.70 bits per heavy atom. The van der Waals surface area contributed by atoms with Crippen molar-refractivity contribution in [3.63, 3.8) is 0 Å². The van der Waals surface area contributed by atoms with Crippen LogP contribution in [0, 0.1) is 13.8 Å². The minimum absolute atomic E-state index is 0.893. The predicted octanol–water partition coefficient (Wildman–Crippen LogP) is 4.38. The van der Waals surface area contributed by atoms with Gasteiger partial charge in [-0.25, -0.2) is 0 Å². The van der Waals surface area contributed by atoms with E-state index in [2.05, 4.69) is 49.2 Å². The quantitative estimate of drug-likeness (QED) is 0.746. The lowest BCUT2D eigenvalue weighted by molar-refractivity contribution is 0.414. The summed E-state index contributed by atoms with van der Waals surface area (Å²) in [7, 11) is 1.70. The molecule has 102 valence electrons. The van der Waals surface area contributed by atoms with Crippen molar-refractivity contribution in [1.82, 2.24) is 4.98 Å². The maximum Gasteiger partial charge on any atom is 0.119 e. The van der Waals surface area contributed by atoms with Crippen LogP contribution in [-0.4, -0.2) is 12.1 Å². The first-order chi connectivity index (χ1) is 9.65. The maximum absolute atomic E-state index is 5.28. The number of hydrogen-bond acceptors (Lipinski definition) is 1. The van der Waals surface area contributed by atoms with Gasteiger partial charge in [-0.1, -0.05) is 23.8 Å². The zero-order valence-electron chi connectivity index (χ0n) is 12.2. The summed E-state index contributed by atoms with van der Waals surface area (Å²) < 4.78 is 5.28. The van der Waals surface area contributed by atoms with Crippen LogP contribution in [0.5, 0.6) is 5.75 Å². The van der Waals surface area contributed by atoms with E-state index in [1.54, 1.807) is 7.11 Å². The van der Waals surface area contributed by atoms with Crippen LogP contribution < -0.4 is 4.74 Å². The fourth-order valence-electron chi connectivity index (χ4n) is 2.77. The Bertz CT molecular complexity index is 755. The number of methoxy groups -OCH3 is 1. The third-order valence-corrected chi connectivity index (χ3v) is 3.65. The Kier molecular flexibility index (Phi) is 3.23. The van der Waals surface area contributed by atoms with E-state index in [4.69, 9.17) is 4.74 Å². The van der Waals surface area contributed by atoms with Crippen molar-refractivity contribution in [3.05, 3.63) is 64.8 Å². The number of aromatic nitrogens is 1. The van der Waals surface area contributed by atoms with E-state index < -0.39 is 0 Å². The van der Waals surface area contributed by atoms with Gasteiger partial charge in [-0.15, -0.1) is 0 Å². The Hall–Kier alpha value is -2.22. The van der Waals surface area contributed by atoms with E-state index in [1.165, 1.54) is 33.3 Å². The molecule has 0 aliphatic heterocycles. The second kappa shape index (κ2) is 5.04. The highest BCUT2D eigenvalue weighted by molar-refractivity contribution is 5.84. The number of nitrogens with one attached hydrogen (secondary N) is 1. The lowest BCUT2D eigenvalue weighted by Crippen LogP contribution is -1.90. The van der Waals surface area contributed by atoms with E-state index in [0.29, 0.717) is 0 Å². The fourth-order valence-corrected chi connectivity index (χ4v) is 2.77. The number of H-pyrrole nitrogens is 1. The molecule has 0 unspecified atom stereocenters. The molecule has 0 saturated heterocycles. The second-order valence-electron chi connectivity index (χ2n) is 5.37. The lowest BCUT2D eigenvalue weighted by atomic mass is 10.1. The molecule has 0 aliphatic carbocycles. The summed E-state index contributed by atoms with van der Waals surface area (Å²) in [6, 6.07) is 14.9. The van der Waals surface area contributed by atoms with E-state index in [0.717, 1.165) is 12.2 Å². The molecular formula is C18H19NO. The number of hydrogen-bond donors (Lipinski definition) is 1. The first kappa shape index (κ1) is 12.8. The number of ether oxygens (including phenoxy) is 1. The van der Waals surface area contributed by atoms with Crippen molar-refractivity contribution in [2.45, 2.75) is 20.3 Å². The smallest absolute Gasteiger partial charge is 0.119 e. The average molecular weight is 265 g/mol. The van der Waals surface area contributed by atoms with E-state index in [9.17, 15) is 0 Å². The molecule has 0 fully saturated rings. The summed E-state index contributed by atoms with van der Waals surface area (Å²) in [5.74, 6) is 0.908. The number of aromatic amines is 1. The first-order valence-corrected chi connectivity index (χ1v) is 6.87. The fraction of sp³-hybridized carbons (Fsp3) is 0.222. The van der Waals surface area contributed by atoms with Crippen LogP contribution in [0.25, 0.3) is 10.9 Å². The number of fused-ring (bicyclic) bond motifs is 1. The molecule has 3 aromatic rings. The van der Waals surface area contributed by atoms with Crippen LogP contribution in [0.3, 0.4) is 0 Å². The molecule has 0 amide bonds. The van der Waals surface area contributed by atoms with Crippen LogP contribution >= 0.6 is 0 Å². The monoisotopic (exact) mass is 265 g/mol. The molecule has 0 atom stereocenters. The first-order valence-electron chi connectivity index (χ1n) is 6.87. The van der Waals surface area contributed by atoms with Gasteiger partial charge in [0.05, 0.1) is 7.11 Å². The van der Waals surface area contributed by atoms with Gasteiger partial charge in [-0.2, -0.15) is 0 Å². The molecule has 20 heavy (non-hydrogen) atoms. The number of benzene rings is 2. The van der Waals surface area contributed by atoms with Gasteiger partial charge < -0.3 is 9.72 Å². The summed E-state index contributed by atoms with van der Waals surface area (Å²) in [5, 5.41) is 1.29. The molecule has 2 heteroatoms. The highest BCUT2D eigenvalue weighted by atomic mass is 16.5. The molecule has 0 aliphatic rings. The van der Waals surface area contributed by atoms with Crippen LogP contribution in [0.4, 0.5) is 0 Å². The molecule has 0 radical (unpaired) electrons. The molecule has 0 bridgehead atoms. The van der Waals surface area contributed by atoms with Crippen molar-refractivity contribution in [1.29, 1.82) is 0 Å². The number of rotatable bonds is 3. The molecule has 1 N–H and O–H groups in total. The van der Waals surface area contributed by atoms with Gasteiger partial charge in [0.15, 0.2) is 0 Å². The second-order valence-corrected chi connectivity index (χ2v) is 5.37. The largest absolute Gasteiger partial charge is 0.497 e. The third kappa shape index (κ3) is 2.42. The topological polar surface area (TPSA) is 25.0 Å². The average Bonchev–Trinajstić information content (AvgIpc) is 2.81. The van der Waals surface area contributed by atoms with Gasteiger partial charge in [-0.05, 0) is 49.2 Å². The molecule has 1 heterocycles. The maximum atomic E-state index is 5.28. The summed E-state index contributed by atoms with van der Waals surface area (Å²) >= 11 is 0. The van der Waals surface area contributed by atoms with Gasteiger partial charge in [0.2, 0.25) is 0 Å². The van der Waals surface area contributed by atoms with Gasteiger partial charge in [0.25, 0.3) is 0 Å². The molecule has 2 aromatic carbocycles. The van der Waals surface area contributed by atoms with Crippen LogP contribution in [0.15, 0.2) is 42.5 Å². The van der Waals surface area contributed by atoms with Crippen molar-refractivity contribution >= 4 is 10.9 Å². The highest BCUT2D eigenvalue weighted by Gasteiger charge is 2.05. The molecule has 0 spiro atoms. The predicted molar refractivity (Wildman–Crippen MR) is 83.6 cm³/mol. The van der Waals surface area contributed by atoms with Crippen molar-refractivity contribution in [2.75, 3.05) is 7.11 Å². The van der Waals surface area contributed by atoms with Gasteiger partial charge in [0.1, 0.15) is 5.75 Å². The summed E-state index contributed by atoms with van der Waals surface area (Å²) in [4.78, 5) is 3.54. The van der Waals surface area contributed by atoms with E-state index >= 15 is 0 Å². The summed E-state index contributed by atoms with van der Waals surface area (Å²) in [6.45, 7) is 4.29. The number of aryl methyl sites for hydroxylation is 2. The highest BCUT2D eigenvalue weighted by Crippen LogP contribution is 2.23. The van der Waals surface area contributed by atoms with Crippen LogP contribution in [-0.2, 0) is 6.42 Å². The minimum atomic E-state index is 0.893. The normalized spacial score (nSPS) is 10.9. The third-order valence-electron chi connectivity index (χ3n) is 3.65. The Morgan fingerprint density at radius 2 is 1.90 bits per heavy atom. The minimum Gasteiger partial charge on any atom is -0.497 e. The van der Waals surface area contributed by atoms with E-state index in [-0.39, 0.29) is 0 Å². The van der Waals surface area contributed by atoms with Gasteiger partial charge in [0, 0.05) is 23.0 Å². The molecule has 2 nitrogen and oxygen atoms in total. The summed E-state index contributed by atoms with van der Waals surface area (Å²) in [5.41, 5.74) is 6.35. The molecule has 0 saturated carbocycles. The Balaban J connectivity index is 1.96. The molecule has 3 rings (SSSR count). The van der Waals surface area contributed by atoms with Crippen molar-refractivity contribution in [3.8, 4) is 5.75 Å². The van der Waals surface area contributed by atoms with Crippen molar-refractivity contribution in [2.24, 2.45) is 0 Å². The van der Waals surface area contributed by atoms with Crippen molar-refractivity contribution < 1.29 is 4.74 Å². The Labute approximate surface area is 119 Å². The Morgan fingerprint density at radius 1 is 1.05 bits per heavy atom. The van der Waals surface area contributed by atoms with Crippen LogP contribution in [0.1, 0.15) is 22.4 Å².